The summed E-state index contributed by atoms with van der Waals surface area (Å²) in [6, 6.07) is 9.35. The Kier molecular flexibility index (Phi) is 7.28. The number of carbonyl (C=O) groups excluding carboxylic acids is 2. The summed E-state index contributed by atoms with van der Waals surface area (Å²) < 4.78 is 34.0. The molecule has 0 aromatic heterocycles. The molecule has 1 aliphatic heterocycles. The van der Waals surface area contributed by atoms with Crippen LogP contribution in [0, 0.1) is 19.8 Å². The van der Waals surface area contributed by atoms with E-state index in [1.54, 1.807) is 13.0 Å². The molecule has 2 amide bonds. The number of benzene rings is 2. The number of hydrogen-bond acceptors (Lipinski definition) is 7. The normalized spacial score (nSPS) is 15.9. The summed E-state index contributed by atoms with van der Waals surface area (Å²) in [6.45, 7) is 5.45. The van der Waals surface area contributed by atoms with Crippen molar-refractivity contribution in [3.63, 3.8) is 0 Å². The summed E-state index contributed by atoms with van der Waals surface area (Å²) in [5.74, 6) is -0.294. The second-order valence-electron chi connectivity index (χ2n) is 7.60. The Morgan fingerprint density at radius 1 is 1.15 bits per heavy atom. The number of hydrogen-bond donors (Lipinski definition) is 1. The van der Waals surface area contributed by atoms with Gasteiger partial charge in [-0.2, -0.15) is 10.1 Å². The van der Waals surface area contributed by atoms with Gasteiger partial charge in [-0.3, -0.25) is 10.1 Å². The second-order valence-corrected chi connectivity index (χ2v) is 10.0. The molecule has 3 rings (SSSR count). The summed E-state index contributed by atoms with van der Waals surface area (Å²) in [7, 11) is -3.36. The van der Waals surface area contributed by atoms with Crippen molar-refractivity contribution in [2.24, 2.45) is 11.0 Å². The minimum Gasteiger partial charge on any atom is -0.490 e. The van der Waals surface area contributed by atoms with E-state index in [4.69, 9.17) is 21.1 Å². The molecule has 11 heteroatoms. The number of halogens is 1. The number of hydrazone groups is 1. The van der Waals surface area contributed by atoms with Crippen molar-refractivity contribution in [1.82, 2.24) is 5.32 Å². The maximum atomic E-state index is 12.6. The van der Waals surface area contributed by atoms with E-state index in [9.17, 15) is 18.0 Å². The number of alkyl carbamates (subject to hydrolysis) is 1. The highest BCUT2D eigenvalue weighted by atomic mass is 35.5. The Morgan fingerprint density at radius 3 is 2.45 bits per heavy atom. The fraction of sp³-hybridized carbons (Fsp3) is 0.318. The van der Waals surface area contributed by atoms with Gasteiger partial charge in [0.05, 0.1) is 16.5 Å². The topological polar surface area (TPSA) is 114 Å². The predicted octanol–water partition coefficient (Wildman–Crippen LogP) is 3.46. The van der Waals surface area contributed by atoms with Crippen molar-refractivity contribution in [3.05, 3.63) is 52.5 Å². The largest absolute Gasteiger partial charge is 0.490 e. The van der Waals surface area contributed by atoms with Crippen molar-refractivity contribution in [3.8, 4) is 5.75 Å². The fourth-order valence-corrected chi connectivity index (χ4v) is 3.88. The third kappa shape index (κ3) is 5.82. The SMILES string of the molecule is Cc1cc(OCCOC(=O)NC2=NN(c3ccc(S(C)(=O)=O)cc3)C(=O)C2C)c(C)cc1Cl. The maximum Gasteiger partial charge on any atom is 0.412 e. The predicted molar refractivity (Wildman–Crippen MR) is 125 cm³/mol. The molecule has 1 atom stereocenters. The van der Waals surface area contributed by atoms with Crippen molar-refractivity contribution >= 4 is 45.0 Å². The quantitative estimate of drug-likeness (QED) is 0.616. The molecule has 1 N–H and O–H groups in total. The van der Waals surface area contributed by atoms with E-state index >= 15 is 0 Å². The standard InChI is InChI=1S/C22H24ClN3O6S/c1-13-12-19(14(2)11-18(13)23)31-9-10-32-22(28)24-20-15(3)21(27)26(25-20)16-5-7-17(8-6-16)33(4,29)30/h5-8,11-12,15H,9-10H2,1-4H3,(H,24,25,28). The number of rotatable bonds is 6. The minimum absolute atomic E-state index is 0.0147. The Morgan fingerprint density at radius 2 is 1.82 bits per heavy atom. The average molecular weight is 494 g/mol. The molecule has 2 aromatic carbocycles. The van der Waals surface area contributed by atoms with E-state index in [2.05, 4.69) is 10.4 Å². The molecule has 0 saturated carbocycles. The zero-order valence-corrected chi connectivity index (χ0v) is 20.2. The van der Waals surface area contributed by atoms with Crippen LogP contribution >= 0.6 is 11.6 Å². The number of carbonyl (C=O) groups is 2. The molecular weight excluding hydrogens is 470 g/mol. The lowest BCUT2D eigenvalue weighted by Gasteiger charge is -2.12. The molecule has 176 valence electrons. The molecule has 1 unspecified atom stereocenters. The van der Waals surface area contributed by atoms with E-state index in [1.165, 1.54) is 24.3 Å². The summed E-state index contributed by atoms with van der Waals surface area (Å²) in [6.07, 6.45) is 0.329. The van der Waals surface area contributed by atoms with Crippen LogP contribution < -0.4 is 15.1 Å². The third-order valence-corrected chi connectivity index (χ3v) is 6.50. The number of amidine groups is 1. The number of anilines is 1. The van der Waals surface area contributed by atoms with Crippen LogP contribution in [0.4, 0.5) is 10.5 Å². The van der Waals surface area contributed by atoms with E-state index in [0.717, 1.165) is 22.4 Å². The maximum absolute atomic E-state index is 12.6. The Labute approximate surface area is 197 Å². The van der Waals surface area contributed by atoms with Crippen LogP contribution in [0.5, 0.6) is 5.75 Å². The molecule has 9 nitrogen and oxygen atoms in total. The van der Waals surface area contributed by atoms with Gasteiger partial charge in [0.15, 0.2) is 9.84 Å². The van der Waals surface area contributed by atoms with Gasteiger partial charge in [0.25, 0.3) is 5.91 Å². The van der Waals surface area contributed by atoms with E-state index in [0.29, 0.717) is 16.5 Å². The van der Waals surface area contributed by atoms with Crippen LogP contribution in [-0.4, -0.2) is 45.7 Å². The average Bonchev–Trinajstić information content (AvgIpc) is 3.02. The Hall–Kier alpha value is -3.11. The van der Waals surface area contributed by atoms with Gasteiger partial charge in [-0.25, -0.2) is 13.2 Å². The highest BCUT2D eigenvalue weighted by molar-refractivity contribution is 7.90. The van der Waals surface area contributed by atoms with E-state index in [-0.39, 0.29) is 29.9 Å². The third-order valence-electron chi connectivity index (χ3n) is 4.97. The van der Waals surface area contributed by atoms with Crippen molar-refractivity contribution in [2.45, 2.75) is 25.7 Å². The van der Waals surface area contributed by atoms with Crippen molar-refractivity contribution in [1.29, 1.82) is 0 Å². The first-order chi connectivity index (χ1) is 15.5. The van der Waals surface area contributed by atoms with Gasteiger partial charge in [-0.05, 0) is 68.3 Å². The molecule has 0 saturated heterocycles. The number of nitrogens with zero attached hydrogens (tertiary/aromatic N) is 2. The highest BCUT2D eigenvalue weighted by Gasteiger charge is 2.34. The molecule has 0 spiro atoms. The zero-order chi connectivity index (χ0) is 24.3. The molecule has 0 bridgehead atoms. The van der Waals surface area contributed by atoms with E-state index in [1.807, 2.05) is 19.9 Å². The molecule has 1 aliphatic rings. The molecule has 2 aromatic rings. The molecule has 0 radical (unpaired) electrons. The van der Waals surface area contributed by atoms with Crippen molar-refractivity contribution < 1.29 is 27.5 Å². The van der Waals surface area contributed by atoms with Crippen molar-refractivity contribution in [2.75, 3.05) is 24.5 Å². The van der Waals surface area contributed by atoms with Crippen LogP contribution in [0.2, 0.25) is 5.02 Å². The van der Waals surface area contributed by atoms with Crippen LogP contribution in [0.3, 0.4) is 0 Å². The monoisotopic (exact) mass is 493 g/mol. The molecule has 0 aliphatic carbocycles. The summed E-state index contributed by atoms with van der Waals surface area (Å²) in [5.41, 5.74) is 2.13. The molecular formula is C22H24ClN3O6S. The molecule has 1 heterocycles. The summed E-state index contributed by atoms with van der Waals surface area (Å²) >= 11 is 6.07. The van der Waals surface area contributed by atoms with Gasteiger partial charge in [-0.1, -0.05) is 11.6 Å². The Bertz CT molecular complexity index is 1210. The van der Waals surface area contributed by atoms with Crippen LogP contribution in [0.25, 0.3) is 0 Å². The lowest BCUT2D eigenvalue weighted by atomic mass is 10.1. The lowest BCUT2D eigenvalue weighted by molar-refractivity contribution is -0.119. The van der Waals surface area contributed by atoms with Gasteiger partial charge < -0.3 is 9.47 Å². The second kappa shape index (κ2) is 9.80. The van der Waals surface area contributed by atoms with Crippen LogP contribution in [0.1, 0.15) is 18.1 Å². The molecule has 0 fully saturated rings. The number of aryl methyl sites for hydroxylation is 2. The number of sulfone groups is 1. The fourth-order valence-electron chi connectivity index (χ4n) is 3.03. The van der Waals surface area contributed by atoms with Gasteiger partial charge in [-0.15, -0.1) is 0 Å². The van der Waals surface area contributed by atoms with E-state index < -0.39 is 21.8 Å². The van der Waals surface area contributed by atoms with Crippen LogP contribution in [-0.2, 0) is 19.4 Å². The van der Waals surface area contributed by atoms with Gasteiger partial charge in [0.1, 0.15) is 24.8 Å². The smallest absolute Gasteiger partial charge is 0.412 e. The Balaban J connectivity index is 1.56. The molecule has 33 heavy (non-hydrogen) atoms. The van der Waals surface area contributed by atoms with Gasteiger partial charge >= 0.3 is 6.09 Å². The minimum atomic E-state index is -3.36. The first-order valence-corrected chi connectivity index (χ1v) is 12.3. The van der Waals surface area contributed by atoms with Crippen LogP contribution in [0.15, 0.2) is 46.4 Å². The lowest BCUT2D eigenvalue weighted by Crippen LogP contribution is -2.36. The summed E-state index contributed by atoms with van der Waals surface area (Å²) in [5, 5.41) is 8.39. The number of nitrogens with one attached hydrogen (secondary N) is 1. The first-order valence-electron chi connectivity index (χ1n) is 10.0. The van der Waals surface area contributed by atoms with Gasteiger partial charge in [0, 0.05) is 11.3 Å². The number of ether oxygens (including phenoxy) is 2. The first kappa shape index (κ1) is 24.5. The zero-order valence-electron chi connectivity index (χ0n) is 18.6. The number of amides is 2. The highest BCUT2D eigenvalue weighted by Crippen LogP contribution is 2.26. The van der Waals surface area contributed by atoms with Gasteiger partial charge in [0.2, 0.25) is 0 Å². The summed E-state index contributed by atoms with van der Waals surface area (Å²) in [4.78, 5) is 24.8.